The Kier molecular flexibility index (Phi) is 6.94. The normalized spacial score (nSPS) is 17.6. The molecule has 3 rings (SSSR count). The molecule has 3 N–H and O–H groups in total. The lowest BCUT2D eigenvalue weighted by molar-refractivity contribution is -0.127. The third kappa shape index (κ3) is 6.00. The van der Waals surface area contributed by atoms with Gasteiger partial charge in [0.15, 0.2) is 0 Å². The Labute approximate surface area is 188 Å². The van der Waals surface area contributed by atoms with Crippen molar-refractivity contribution in [2.45, 2.75) is 46.6 Å². The Morgan fingerprint density at radius 3 is 2.71 bits per heavy atom. The first-order valence-electron chi connectivity index (χ1n) is 10.6. The van der Waals surface area contributed by atoms with Crippen LogP contribution in [-0.4, -0.2) is 46.6 Å². The van der Waals surface area contributed by atoms with Crippen LogP contribution >= 0.6 is 11.6 Å². The van der Waals surface area contributed by atoms with E-state index in [0.717, 1.165) is 23.9 Å². The zero-order valence-electron chi connectivity index (χ0n) is 18.5. The molecule has 0 aliphatic carbocycles. The van der Waals surface area contributed by atoms with Crippen LogP contribution in [0.1, 0.15) is 52.1 Å². The highest BCUT2D eigenvalue weighted by Gasteiger charge is 2.27. The first-order valence-corrected chi connectivity index (χ1v) is 11.0. The van der Waals surface area contributed by atoms with Crippen LogP contribution in [-0.2, 0) is 4.79 Å². The monoisotopic (exact) mass is 446 g/mol. The highest BCUT2D eigenvalue weighted by molar-refractivity contribution is 6.35. The molecular formula is C23H31ClN4O3. The van der Waals surface area contributed by atoms with Crippen LogP contribution in [0.5, 0.6) is 0 Å². The number of para-hydroxylation sites is 1. The van der Waals surface area contributed by atoms with Gasteiger partial charge in [-0.25, -0.2) is 9.78 Å². The number of halogens is 1. The Hall–Kier alpha value is -2.54. The van der Waals surface area contributed by atoms with E-state index in [2.05, 4.69) is 31.4 Å². The summed E-state index contributed by atoms with van der Waals surface area (Å²) >= 11 is 6.39. The zero-order valence-corrected chi connectivity index (χ0v) is 19.3. The molecule has 2 aromatic rings. The fraction of sp³-hybridized carbons (Fsp3) is 0.522. The number of likely N-dealkylation sites (tertiary alicyclic amines) is 1. The van der Waals surface area contributed by atoms with Gasteiger partial charge in [-0.1, -0.05) is 44.5 Å². The van der Waals surface area contributed by atoms with E-state index in [1.165, 1.54) is 0 Å². The number of hydrogen-bond donors (Lipinski definition) is 3. The highest BCUT2D eigenvalue weighted by Crippen LogP contribution is 2.35. The molecule has 8 heteroatoms. The second-order valence-corrected chi connectivity index (χ2v) is 9.91. The smallest absolute Gasteiger partial charge is 0.405 e. The van der Waals surface area contributed by atoms with Gasteiger partial charge in [0.1, 0.15) is 5.82 Å². The van der Waals surface area contributed by atoms with E-state index in [4.69, 9.17) is 16.6 Å². The van der Waals surface area contributed by atoms with Crippen molar-refractivity contribution >= 4 is 40.3 Å². The highest BCUT2D eigenvalue weighted by atomic mass is 35.5. The van der Waals surface area contributed by atoms with Crippen LogP contribution in [0.2, 0.25) is 5.02 Å². The molecule has 168 valence electrons. The van der Waals surface area contributed by atoms with Crippen LogP contribution in [0.15, 0.2) is 24.3 Å². The molecule has 2 atom stereocenters. The van der Waals surface area contributed by atoms with Crippen LogP contribution < -0.4 is 10.6 Å². The number of carbonyl (C=O) groups excluding carboxylic acids is 1. The number of rotatable bonds is 6. The number of pyridine rings is 1. The van der Waals surface area contributed by atoms with E-state index in [1.807, 2.05) is 23.1 Å². The Morgan fingerprint density at radius 2 is 2.10 bits per heavy atom. The zero-order chi connectivity index (χ0) is 22.8. The number of fused-ring (bicyclic) bond motifs is 1. The van der Waals surface area contributed by atoms with Crippen molar-refractivity contribution in [2.75, 3.05) is 25.0 Å². The fourth-order valence-corrected chi connectivity index (χ4v) is 4.34. The maximum Gasteiger partial charge on any atom is 0.405 e. The van der Waals surface area contributed by atoms with Crippen LogP contribution in [0.4, 0.5) is 10.6 Å². The fourth-order valence-electron chi connectivity index (χ4n) is 4.11. The molecule has 1 fully saturated rings. The third-order valence-corrected chi connectivity index (χ3v) is 5.91. The molecule has 1 saturated heterocycles. The molecule has 2 amide bonds. The molecule has 0 unspecified atom stereocenters. The minimum Gasteiger partial charge on any atom is -0.465 e. The average molecular weight is 447 g/mol. The molecule has 0 spiro atoms. The van der Waals surface area contributed by atoms with Gasteiger partial charge < -0.3 is 20.6 Å². The lowest BCUT2D eigenvalue weighted by Crippen LogP contribution is -2.31. The quantitative estimate of drug-likeness (QED) is 0.585. The van der Waals surface area contributed by atoms with Gasteiger partial charge in [-0.3, -0.25) is 4.79 Å². The number of hydrogen-bond acceptors (Lipinski definition) is 4. The van der Waals surface area contributed by atoms with Gasteiger partial charge in [0, 0.05) is 37.5 Å². The van der Waals surface area contributed by atoms with Crippen molar-refractivity contribution in [3.63, 3.8) is 0 Å². The number of aromatic nitrogens is 1. The van der Waals surface area contributed by atoms with Gasteiger partial charge >= 0.3 is 6.09 Å². The SMILES string of the molecule is CC(=O)N1CC[C@@H](CNc2nc3c(Cl)cccc3cc2[C@H](CC(C)(C)C)NC(=O)O)C1. The number of carbonyl (C=O) groups is 2. The third-order valence-electron chi connectivity index (χ3n) is 5.61. The maximum absolute atomic E-state index is 11.6. The Balaban J connectivity index is 1.95. The van der Waals surface area contributed by atoms with Gasteiger partial charge in [0.25, 0.3) is 0 Å². The number of anilines is 1. The summed E-state index contributed by atoms with van der Waals surface area (Å²) in [4.78, 5) is 29.8. The van der Waals surface area contributed by atoms with E-state index in [9.17, 15) is 14.7 Å². The minimum atomic E-state index is -1.07. The minimum absolute atomic E-state index is 0.0923. The molecule has 0 bridgehead atoms. The van der Waals surface area contributed by atoms with Crippen molar-refractivity contribution in [2.24, 2.45) is 11.3 Å². The standard InChI is InChI=1S/C23H31ClN4O3/c1-14(29)28-9-8-15(13-28)12-25-21-17(19(26-22(30)31)11-23(2,3)4)10-16-6-5-7-18(24)20(16)27-21/h5-7,10,15,19,26H,8-9,11-13H2,1-4H3,(H,25,27)(H,30,31)/t15-,19-/m0/s1. The largest absolute Gasteiger partial charge is 0.465 e. The van der Waals surface area contributed by atoms with Crippen molar-refractivity contribution in [3.05, 3.63) is 34.9 Å². The summed E-state index contributed by atoms with van der Waals surface area (Å²) in [6, 6.07) is 7.14. The van der Waals surface area contributed by atoms with Gasteiger partial charge in [-0.15, -0.1) is 0 Å². The molecule has 1 aliphatic heterocycles. The lowest BCUT2D eigenvalue weighted by atomic mass is 9.85. The van der Waals surface area contributed by atoms with E-state index in [0.29, 0.717) is 41.8 Å². The molecule has 1 aromatic heterocycles. The van der Waals surface area contributed by atoms with Crippen molar-refractivity contribution in [1.82, 2.24) is 15.2 Å². The second-order valence-electron chi connectivity index (χ2n) is 9.51. The van der Waals surface area contributed by atoms with Gasteiger partial charge in [0.05, 0.1) is 16.6 Å². The summed E-state index contributed by atoms with van der Waals surface area (Å²) in [7, 11) is 0. The van der Waals surface area contributed by atoms with Crippen LogP contribution in [0.3, 0.4) is 0 Å². The average Bonchev–Trinajstić information content (AvgIpc) is 3.13. The summed E-state index contributed by atoms with van der Waals surface area (Å²) in [6.45, 7) is 9.96. The van der Waals surface area contributed by atoms with Gasteiger partial charge in [-0.2, -0.15) is 0 Å². The van der Waals surface area contributed by atoms with Crippen molar-refractivity contribution in [1.29, 1.82) is 0 Å². The molecular weight excluding hydrogens is 416 g/mol. The predicted octanol–water partition coefficient (Wildman–Crippen LogP) is 4.91. The molecule has 31 heavy (non-hydrogen) atoms. The summed E-state index contributed by atoms with van der Waals surface area (Å²) in [5.41, 5.74) is 1.38. The maximum atomic E-state index is 11.6. The van der Waals surface area contributed by atoms with Crippen molar-refractivity contribution in [3.8, 4) is 0 Å². The first-order chi connectivity index (χ1) is 14.5. The van der Waals surface area contributed by atoms with E-state index in [-0.39, 0.29) is 11.3 Å². The molecule has 1 aliphatic rings. The van der Waals surface area contributed by atoms with Crippen LogP contribution in [0, 0.1) is 11.3 Å². The summed E-state index contributed by atoms with van der Waals surface area (Å²) < 4.78 is 0. The molecule has 7 nitrogen and oxygen atoms in total. The predicted molar refractivity (Wildman–Crippen MR) is 124 cm³/mol. The second kappa shape index (κ2) is 9.30. The van der Waals surface area contributed by atoms with E-state index >= 15 is 0 Å². The molecule has 0 saturated carbocycles. The summed E-state index contributed by atoms with van der Waals surface area (Å²) in [5, 5.41) is 17.0. The Morgan fingerprint density at radius 1 is 1.35 bits per heavy atom. The molecule has 1 aromatic carbocycles. The van der Waals surface area contributed by atoms with Gasteiger partial charge in [0.2, 0.25) is 5.91 Å². The molecule has 2 heterocycles. The number of nitrogens with one attached hydrogen (secondary N) is 2. The summed E-state index contributed by atoms with van der Waals surface area (Å²) in [6.07, 6.45) is 0.470. The van der Waals surface area contributed by atoms with Crippen LogP contribution in [0.25, 0.3) is 10.9 Å². The summed E-state index contributed by atoms with van der Waals surface area (Å²) in [5.74, 6) is 1.04. The number of carboxylic acid groups (broad SMARTS) is 1. The number of amides is 2. The lowest BCUT2D eigenvalue weighted by Gasteiger charge is -2.28. The van der Waals surface area contributed by atoms with E-state index in [1.54, 1.807) is 13.0 Å². The van der Waals surface area contributed by atoms with E-state index < -0.39 is 12.1 Å². The van der Waals surface area contributed by atoms with Gasteiger partial charge in [-0.05, 0) is 36.3 Å². The topological polar surface area (TPSA) is 94.6 Å². The Bertz CT molecular complexity index is 973. The molecule has 0 radical (unpaired) electrons. The first kappa shape index (κ1) is 23.1. The number of benzene rings is 1. The number of nitrogens with zero attached hydrogens (tertiary/aromatic N) is 2. The van der Waals surface area contributed by atoms with Crippen molar-refractivity contribution < 1.29 is 14.7 Å².